The summed E-state index contributed by atoms with van der Waals surface area (Å²) in [6.45, 7) is 3.84. The molecule has 1 aromatic heterocycles. The van der Waals surface area contributed by atoms with Crippen LogP contribution in [0.3, 0.4) is 0 Å². The number of methoxy groups -OCH3 is 2. The Morgan fingerprint density at radius 2 is 1.77 bits per heavy atom. The van der Waals surface area contributed by atoms with Crippen LogP contribution in [0.5, 0.6) is 11.5 Å². The SMILES string of the molecule is COc1ccc(/C=C(\C#N)C(=O)Nc2cc(C)nn2-c2ccc(C)cc2)cc1OC. The summed E-state index contributed by atoms with van der Waals surface area (Å²) in [4.78, 5) is 12.8. The second-order valence-corrected chi connectivity index (χ2v) is 6.66. The van der Waals surface area contributed by atoms with Crippen molar-refractivity contribution in [3.63, 3.8) is 0 Å². The molecule has 2 aromatic carbocycles. The van der Waals surface area contributed by atoms with Gasteiger partial charge in [-0.1, -0.05) is 23.8 Å². The highest BCUT2D eigenvalue weighted by atomic mass is 16.5. The summed E-state index contributed by atoms with van der Waals surface area (Å²) in [5, 5.41) is 16.8. The summed E-state index contributed by atoms with van der Waals surface area (Å²) in [6.07, 6.45) is 1.50. The van der Waals surface area contributed by atoms with E-state index in [2.05, 4.69) is 10.4 Å². The van der Waals surface area contributed by atoms with Crippen LogP contribution in [0.1, 0.15) is 16.8 Å². The molecule has 0 spiro atoms. The van der Waals surface area contributed by atoms with Crippen molar-refractivity contribution in [1.29, 1.82) is 5.26 Å². The molecule has 152 valence electrons. The van der Waals surface area contributed by atoms with E-state index in [0.29, 0.717) is 22.9 Å². The summed E-state index contributed by atoms with van der Waals surface area (Å²) in [5.74, 6) is 1.03. The van der Waals surface area contributed by atoms with Gasteiger partial charge in [0.2, 0.25) is 0 Å². The number of aryl methyl sites for hydroxylation is 2. The number of benzene rings is 2. The topological polar surface area (TPSA) is 89.2 Å². The molecule has 0 unspecified atom stereocenters. The van der Waals surface area contributed by atoms with Gasteiger partial charge >= 0.3 is 0 Å². The first-order valence-corrected chi connectivity index (χ1v) is 9.24. The van der Waals surface area contributed by atoms with E-state index in [1.807, 2.05) is 44.2 Å². The van der Waals surface area contributed by atoms with Crippen LogP contribution in [-0.4, -0.2) is 29.9 Å². The third-order valence-corrected chi connectivity index (χ3v) is 4.44. The van der Waals surface area contributed by atoms with Crippen LogP contribution in [0.2, 0.25) is 0 Å². The summed E-state index contributed by atoms with van der Waals surface area (Å²) in [6, 6.07) is 16.6. The Balaban J connectivity index is 1.89. The monoisotopic (exact) mass is 402 g/mol. The van der Waals surface area contributed by atoms with Gasteiger partial charge in [-0.15, -0.1) is 0 Å². The molecule has 0 aliphatic heterocycles. The van der Waals surface area contributed by atoms with Gasteiger partial charge in [-0.25, -0.2) is 4.68 Å². The number of rotatable bonds is 6. The number of anilines is 1. The fourth-order valence-corrected chi connectivity index (χ4v) is 2.91. The van der Waals surface area contributed by atoms with Crippen LogP contribution in [0.25, 0.3) is 11.8 Å². The van der Waals surface area contributed by atoms with Crippen molar-refractivity contribution in [2.75, 3.05) is 19.5 Å². The van der Waals surface area contributed by atoms with Crippen LogP contribution in [0.4, 0.5) is 5.82 Å². The third-order valence-electron chi connectivity index (χ3n) is 4.44. The van der Waals surface area contributed by atoms with Gasteiger partial charge in [0.25, 0.3) is 5.91 Å². The Bertz CT molecular complexity index is 1140. The highest BCUT2D eigenvalue weighted by Crippen LogP contribution is 2.28. The fraction of sp³-hybridized carbons (Fsp3) is 0.174. The van der Waals surface area contributed by atoms with E-state index in [9.17, 15) is 10.1 Å². The molecule has 0 atom stereocenters. The molecule has 0 fully saturated rings. The Kier molecular flexibility index (Phi) is 6.18. The number of nitrogens with one attached hydrogen (secondary N) is 1. The maximum atomic E-state index is 12.8. The number of amides is 1. The van der Waals surface area contributed by atoms with Gasteiger partial charge in [0.1, 0.15) is 17.5 Å². The Labute approximate surface area is 175 Å². The minimum Gasteiger partial charge on any atom is -0.493 e. The van der Waals surface area contributed by atoms with Gasteiger partial charge in [-0.2, -0.15) is 10.4 Å². The summed E-state index contributed by atoms with van der Waals surface area (Å²) in [5.41, 5.74) is 3.27. The zero-order chi connectivity index (χ0) is 21.7. The van der Waals surface area contributed by atoms with E-state index in [1.54, 1.807) is 36.1 Å². The van der Waals surface area contributed by atoms with Gasteiger partial charge in [-0.05, 0) is 49.8 Å². The summed E-state index contributed by atoms with van der Waals surface area (Å²) in [7, 11) is 3.07. The van der Waals surface area contributed by atoms with E-state index in [4.69, 9.17) is 9.47 Å². The molecular formula is C23H22N4O3. The zero-order valence-corrected chi connectivity index (χ0v) is 17.3. The standard InChI is InChI=1S/C23H22N4O3/c1-15-5-8-19(9-6-15)27-22(11-16(2)26-27)25-23(28)18(14-24)12-17-7-10-20(29-3)21(13-17)30-4/h5-13H,1-4H3,(H,25,28)/b18-12+. The van der Waals surface area contributed by atoms with E-state index < -0.39 is 5.91 Å². The number of carbonyl (C=O) groups excluding carboxylic acids is 1. The highest BCUT2D eigenvalue weighted by molar-refractivity contribution is 6.09. The molecule has 0 saturated heterocycles. The quantitative estimate of drug-likeness (QED) is 0.496. The highest BCUT2D eigenvalue weighted by Gasteiger charge is 2.15. The van der Waals surface area contributed by atoms with Crippen molar-refractivity contribution in [3.05, 3.63) is 70.9 Å². The lowest BCUT2D eigenvalue weighted by Crippen LogP contribution is -2.16. The molecule has 7 heteroatoms. The molecule has 3 aromatic rings. The molecule has 0 aliphatic carbocycles. The molecule has 30 heavy (non-hydrogen) atoms. The van der Waals surface area contributed by atoms with Crippen molar-refractivity contribution in [1.82, 2.24) is 9.78 Å². The van der Waals surface area contributed by atoms with Crippen molar-refractivity contribution in [2.24, 2.45) is 0 Å². The summed E-state index contributed by atoms with van der Waals surface area (Å²) < 4.78 is 12.1. The van der Waals surface area contributed by atoms with Crippen molar-refractivity contribution >= 4 is 17.8 Å². The first-order valence-electron chi connectivity index (χ1n) is 9.24. The zero-order valence-electron chi connectivity index (χ0n) is 17.3. The number of ether oxygens (including phenoxy) is 2. The summed E-state index contributed by atoms with van der Waals surface area (Å²) >= 11 is 0. The first kappa shape index (κ1) is 20.7. The lowest BCUT2D eigenvalue weighted by Gasteiger charge is -2.10. The lowest BCUT2D eigenvalue weighted by atomic mass is 10.1. The number of nitriles is 1. The molecule has 0 saturated carbocycles. The molecule has 0 aliphatic rings. The molecular weight excluding hydrogens is 380 g/mol. The smallest absolute Gasteiger partial charge is 0.267 e. The minimum atomic E-state index is -0.527. The predicted molar refractivity (Wildman–Crippen MR) is 115 cm³/mol. The van der Waals surface area contributed by atoms with Crippen molar-refractivity contribution in [3.8, 4) is 23.3 Å². The van der Waals surface area contributed by atoms with Gasteiger partial charge in [0.05, 0.1) is 25.6 Å². The van der Waals surface area contributed by atoms with Crippen LogP contribution in [0, 0.1) is 25.2 Å². The second kappa shape index (κ2) is 8.97. The molecule has 0 radical (unpaired) electrons. The maximum absolute atomic E-state index is 12.8. The molecule has 1 N–H and O–H groups in total. The Morgan fingerprint density at radius 3 is 2.40 bits per heavy atom. The van der Waals surface area contributed by atoms with Crippen molar-refractivity contribution in [2.45, 2.75) is 13.8 Å². The average molecular weight is 402 g/mol. The first-order chi connectivity index (χ1) is 14.4. The van der Waals surface area contributed by atoms with Crippen LogP contribution in [0.15, 0.2) is 54.1 Å². The second-order valence-electron chi connectivity index (χ2n) is 6.66. The van der Waals surface area contributed by atoms with E-state index in [1.165, 1.54) is 13.2 Å². The number of nitrogens with zero attached hydrogens (tertiary/aromatic N) is 3. The van der Waals surface area contributed by atoms with E-state index >= 15 is 0 Å². The Morgan fingerprint density at radius 1 is 1.07 bits per heavy atom. The predicted octanol–water partition coefficient (Wildman–Crippen LogP) is 4.05. The number of carbonyl (C=O) groups is 1. The largest absolute Gasteiger partial charge is 0.493 e. The molecule has 0 bridgehead atoms. The lowest BCUT2D eigenvalue weighted by molar-refractivity contribution is -0.112. The molecule has 3 rings (SSSR count). The maximum Gasteiger partial charge on any atom is 0.267 e. The Hall–Kier alpha value is -4.05. The number of hydrogen-bond donors (Lipinski definition) is 1. The number of aromatic nitrogens is 2. The van der Waals surface area contributed by atoms with Crippen LogP contribution >= 0.6 is 0 Å². The average Bonchev–Trinajstić information content (AvgIpc) is 3.12. The van der Waals surface area contributed by atoms with E-state index in [-0.39, 0.29) is 5.57 Å². The van der Waals surface area contributed by atoms with Gasteiger partial charge in [-0.3, -0.25) is 4.79 Å². The van der Waals surface area contributed by atoms with Gasteiger partial charge in [0, 0.05) is 6.07 Å². The molecule has 7 nitrogen and oxygen atoms in total. The molecule has 1 heterocycles. The van der Waals surface area contributed by atoms with Crippen molar-refractivity contribution < 1.29 is 14.3 Å². The normalized spacial score (nSPS) is 11.0. The van der Waals surface area contributed by atoms with E-state index in [0.717, 1.165) is 16.9 Å². The fourth-order valence-electron chi connectivity index (χ4n) is 2.91. The number of hydrogen-bond acceptors (Lipinski definition) is 5. The van der Waals surface area contributed by atoms with Crippen LogP contribution in [-0.2, 0) is 4.79 Å². The van der Waals surface area contributed by atoms with Gasteiger partial charge in [0.15, 0.2) is 11.5 Å². The third kappa shape index (κ3) is 4.50. The molecule has 1 amide bonds. The minimum absolute atomic E-state index is 0.0449. The van der Waals surface area contributed by atoms with Gasteiger partial charge < -0.3 is 14.8 Å². The van der Waals surface area contributed by atoms with Crippen LogP contribution < -0.4 is 14.8 Å².